The lowest BCUT2D eigenvalue weighted by molar-refractivity contribution is 0.250. The molecule has 0 aliphatic heterocycles. The second-order valence-corrected chi connectivity index (χ2v) is 4.13. The first kappa shape index (κ1) is 10.4. The highest BCUT2D eigenvalue weighted by Gasteiger charge is 2.38. The highest BCUT2D eigenvalue weighted by molar-refractivity contribution is 5.36. The van der Waals surface area contributed by atoms with Gasteiger partial charge in [-0.2, -0.15) is 0 Å². The molecule has 0 unspecified atom stereocenters. The molecule has 3 N–H and O–H groups in total. The minimum absolute atomic E-state index is 0.282. The second-order valence-electron chi connectivity index (χ2n) is 4.13. The van der Waals surface area contributed by atoms with E-state index in [-0.39, 0.29) is 5.41 Å². The van der Waals surface area contributed by atoms with Crippen LogP contribution in [0.25, 0.3) is 0 Å². The van der Waals surface area contributed by atoms with E-state index in [9.17, 15) is 8.78 Å². The summed E-state index contributed by atoms with van der Waals surface area (Å²) < 4.78 is 26.3. The van der Waals surface area contributed by atoms with Gasteiger partial charge in [0.2, 0.25) is 0 Å². The first-order valence-corrected chi connectivity index (χ1v) is 4.98. The summed E-state index contributed by atoms with van der Waals surface area (Å²) >= 11 is 0. The molecule has 1 aromatic carbocycles. The van der Waals surface area contributed by atoms with Crippen LogP contribution in [0.1, 0.15) is 24.8 Å². The van der Waals surface area contributed by atoms with E-state index in [1.54, 1.807) is 0 Å². The Balaban J connectivity index is 2.45. The van der Waals surface area contributed by atoms with E-state index in [4.69, 9.17) is 10.8 Å². The molecule has 0 heterocycles. The maximum Gasteiger partial charge on any atom is 0.187 e. The van der Waals surface area contributed by atoms with E-state index >= 15 is 0 Å². The minimum atomic E-state index is -0.912. The molecule has 4 heteroatoms. The van der Waals surface area contributed by atoms with E-state index < -0.39 is 17.4 Å². The van der Waals surface area contributed by atoms with Crippen LogP contribution >= 0.6 is 0 Å². The van der Waals surface area contributed by atoms with Crippen LogP contribution in [0.3, 0.4) is 0 Å². The monoisotopic (exact) mass is 213 g/mol. The van der Waals surface area contributed by atoms with Crippen molar-refractivity contribution in [2.75, 3.05) is 6.54 Å². The zero-order valence-electron chi connectivity index (χ0n) is 8.26. The van der Waals surface area contributed by atoms with Crippen LogP contribution in [-0.2, 0) is 5.41 Å². The van der Waals surface area contributed by atoms with Crippen LogP contribution in [0.2, 0.25) is 0 Å². The fourth-order valence-corrected chi connectivity index (χ4v) is 2.09. The van der Waals surface area contributed by atoms with Crippen LogP contribution in [0.5, 0.6) is 5.75 Å². The molecule has 0 saturated heterocycles. The van der Waals surface area contributed by atoms with Crippen LogP contribution < -0.4 is 5.73 Å². The van der Waals surface area contributed by atoms with Crippen molar-refractivity contribution in [3.05, 3.63) is 29.3 Å². The molecule has 1 fully saturated rings. The van der Waals surface area contributed by atoms with Gasteiger partial charge >= 0.3 is 0 Å². The maximum atomic E-state index is 13.1. The van der Waals surface area contributed by atoms with Crippen molar-refractivity contribution in [3.63, 3.8) is 0 Å². The summed E-state index contributed by atoms with van der Waals surface area (Å²) in [5.74, 6) is -2.74. The van der Waals surface area contributed by atoms with Crippen molar-refractivity contribution >= 4 is 0 Å². The molecule has 0 atom stereocenters. The predicted octanol–water partition coefficient (Wildman–Crippen LogP) is 2.05. The number of phenolic OH excluding ortho intramolecular Hbond substituents is 1. The fraction of sp³-hybridized carbons (Fsp3) is 0.455. The maximum absolute atomic E-state index is 13.1. The zero-order chi connectivity index (χ0) is 11.1. The Morgan fingerprint density at radius 1 is 1.27 bits per heavy atom. The number of aromatic hydroxyl groups is 1. The third-order valence-corrected chi connectivity index (χ3v) is 3.33. The number of benzene rings is 1. The van der Waals surface area contributed by atoms with E-state index in [2.05, 4.69) is 0 Å². The van der Waals surface area contributed by atoms with Gasteiger partial charge in [-0.15, -0.1) is 0 Å². The summed E-state index contributed by atoms with van der Waals surface area (Å²) in [4.78, 5) is 0. The van der Waals surface area contributed by atoms with Crippen molar-refractivity contribution < 1.29 is 13.9 Å². The third kappa shape index (κ3) is 1.49. The number of phenols is 1. The second kappa shape index (κ2) is 3.45. The Morgan fingerprint density at radius 3 is 2.13 bits per heavy atom. The highest BCUT2D eigenvalue weighted by atomic mass is 19.1. The predicted molar refractivity (Wildman–Crippen MR) is 52.6 cm³/mol. The SMILES string of the molecule is NCC1(c2cc(F)c(O)c(F)c2)CCC1. The summed E-state index contributed by atoms with van der Waals surface area (Å²) in [6.07, 6.45) is 2.74. The van der Waals surface area contributed by atoms with Gasteiger partial charge in [0.25, 0.3) is 0 Å². The lowest BCUT2D eigenvalue weighted by Crippen LogP contribution is -2.41. The van der Waals surface area contributed by atoms with Crippen LogP contribution in [0.15, 0.2) is 12.1 Å². The first-order chi connectivity index (χ1) is 7.09. The zero-order valence-corrected chi connectivity index (χ0v) is 8.26. The van der Waals surface area contributed by atoms with Crippen LogP contribution in [0.4, 0.5) is 8.78 Å². The van der Waals surface area contributed by atoms with E-state index in [1.807, 2.05) is 0 Å². The average molecular weight is 213 g/mol. The summed E-state index contributed by atoms with van der Waals surface area (Å²) in [6.45, 7) is 0.386. The molecule has 1 aliphatic rings. The van der Waals surface area contributed by atoms with Gasteiger partial charge in [-0.05, 0) is 30.5 Å². The molecule has 0 aromatic heterocycles. The Hall–Kier alpha value is -1.16. The van der Waals surface area contributed by atoms with Gasteiger partial charge in [-0.25, -0.2) is 8.78 Å². The summed E-state index contributed by atoms with van der Waals surface area (Å²) in [5.41, 5.74) is 5.91. The van der Waals surface area contributed by atoms with Crippen LogP contribution in [-0.4, -0.2) is 11.7 Å². The quantitative estimate of drug-likeness (QED) is 0.789. The van der Waals surface area contributed by atoms with Crippen molar-refractivity contribution in [2.45, 2.75) is 24.7 Å². The summed E-state index contributed by atoms with van der Waals surface area (Å²) in [6, 6.07) is 2.37. The Kier molecular flexibility index (Phi) is 2.38. The van der Waals surface area contributed by atoms with Crippen LogP contribution in [0, 0.1) is 11.6 Å². The molecular formula is C11H13F2NO. The van der Waals surface area contributed by atoms with Crippen molar-refractivity contribution in [3.8, 4) is 5.75 Å². The summed E-state index contributed by atoms with van der Waals surface area (Å²) in [5, 5.41) is 8.98. The lowest BCUT2D eigenvalue weighted by Gasteiger charge is -2.41. The number of halogens is 2. The molecule has 82 valence electrons. The molecular weight excluding hydrogens is 200 g/mol. The van der Waals surface area contributed by atoms with E-state index in [0.717, 1.165) is 19.3 Å². The molecule has 0 bridgehead atoms. The molecule has 0 amide bonds. The van der Waals surface area contributed by atoms with E-state index in [1.165, 1.54) is 12.1 Å². The topological polar surface area (TPSA) is 46.2 Å². The molecule has 15 heavy (non-hydrogen) atoms. The number of hydrogen-bond donors (Lipinski definition) is 2. The van der Waals surface area contributed by atoms with Gasteiger partial charge < -0.3 is 10.8 Å². The van der Waals surface area contributed by atoms with Gasteiger partial charge in [0, 0.05) is 12.0 Å². The molecule has 2 rings (SSSR count). The Bertz CT molecular complexity index is 360. The third-order valence-electron chi connectivity index (χ3n) is 3.33. The largest absolute Gasteiger partial charge is 0.503 e. The van der Waals surface area contributed by atoms with Gasteiger partial charge in [-0.1, -0.05) is 6.42 Å². The number of rotatable bonds is 2. The Morgan fingerprint density at radius 2 is 1.80 bits per heavy atom. The molecule has 2 nitrogen and oxygen atoms in total. The number of hydrogen-bond acceptors (Lipinski definition) is 2. The highest BCUT2D eigenvalue weighted by Crippen LogP contribution is 2.44. The molecule has 1 aliphatic carbocycles. The van der Waals surface area contributed by atoms with Crippen molar-refractivity contribution in [1.82, 2.24) is 0 Å². The fourth-order valence-electron chi connectivity index (χ4n) is 2.09. The standard InChI is InChI=1S/C11H13F2NO/c12-8-4-7(5-9(13)10(8)15)11(6-14)2-1-3-11/h4-5,15H,1-3,6,14H2. The van der Waals surface area contributed by atoms with Gasteiger partial charge in [0.15, 0.2) is 17.4 Å². The summed E-state index contributed by atoms with van der Waals surface area (Å²) in [7, 11) is 0. The van der Waals surface area contributed by atoms with Gasteiger partial charge in [-0.3, -0.25) is 0 Å². The Labute approximate surface area is 86.7 Å². The molecule has 0 spiro atoms. The van der Waals surface area contributed by atoms with E-state index in [0.29, 0.717) is 12.1 Å². The molecule has 1 saturated carbocycles. The van der Waals surface area contributed by atoms with Crippen molar-refractivity contribution in [2.24, 2.45) is 5.73 Å². The normalized spacial score (nSPS) is 18.6. The number of nitrogens with two attached hydrogens (primary N) is 1. The smallest absolute Gasteiger partial charge is 0.187 e. The molecule has 1 aromatic rings. The van der Waals surface area contributed by atoms with Gasteiger partial charge in [0.1, 0.15) is 0 Å². The first-order valence-electron chi connectivity index (χ1n) is 4.98. The lowest BCUT2D eigenvalue weighted by atomic mass is 9.64. The average Bonchev–Trinajstić information content (AvgIpc) is 2.13. The minimum Gasteiger partial charge on any atom is -0.503 e. The van der Waals surface area contributed by atoms with Gasteiger partial charge in [0.05, 0.1) is 0 Å². The van der Waals surface area contributed by atoms with Crippen molar-refractivity contribution in [1.29, 1.82) is 0 Å². The molecule has 0 radical (unpaired) electrons.